The van der Waals surface area contributed by atoms with Gasteiger partial charge in [-0.05, 0) is 36.6 Å². The molecule has 1 unspecified atom stereocenters. The zero-order chi connectivity index (χ0) is 15.9. The van der Waals surface area contributed by atoms with Gasteiger partial charge in [0.25, 0.3) is 0 Å². The molecular formula is C17H26IN5. The molecular weight excluding hydrogens is 401 g/mol. The van der Waals surface area contributed by atoms with E-state index in [9.17, 15) is 0 Å². The second-order valence-corrected chi connectivity index (χ2v) is 5.72. The lowest BCUT2D eigenvalue weighted by molar-refractivity contribution is 0.481. The number of benzene rings is 1. The van der Waals surface area contributed by atoms with Crippen LogP contribution >= 0.6 is 24.0 Å². The first kappa shape index (κ1) is 19.5. The smallest absolute Gasteiger partial charge is 0.191 e. The first-order valence-electron chi connectivity index (χ1n) is 7.66. The van der Waals surface area contributed by atoms with Crippen molar-refractivity contribution in [2.75, 3.05) is 7.05 Å². The van der Waals surface area contributed by atoms with E-state index in [-0.39, 0.29) is 24.0 Å². The lowest BCUT2D eigenvalue weighted by Gasteiger charge is -2.20. The maximum Gasteiger partial charge on any atom is 0.191 e. The molecule has 2 N–H and O–H groups in total. The molecule has 0 aliphatic carbocycles. The van der Waals surface area contributed by atoms with E-state index in [2.05, 4.69) is 65.8 Å². The van der Waals surface area contributed by atoms with E-state index >= 15 is 0 Å². The lowest BCUT2D eigenvalue weighted by atomic mass is 10.1. The van der Waals surface area contributed by atoms with E-state index in [1.807, 2.05) is 16.9 Å². The third kappa shape index (κ3) is 5.85. The van der Waals surface area contributed by atoms with Crippen molar-refractivity contribution in [3.05, 3.63) is 48.3 Å². The number of halogens is 1. The van der Waals surface area contributed by atoms with Gasteiger partial charge in [0.05, 0.1) is 5.69 Å². The van der Waals surface area contributed by atoms with E-state index < -0.39 is 0 Å². The van der Waals surface area contributed by atoms with Crippen LogP contribution in [0, 0.1) is 5.92 Å². The Bertz CT molecular complexity index is 590. The van der Waals surface area contributed by atoms with E-state index in [1.165, 1.54) is 5.56 Å². The molecule has 0 spiro atoms. The Morgan fingerprint density at radius 3 is 2.43 bits per heavy atom. The summed E-state index contributed by atoms with van der Waals surface area (Å²) < 4.78 is 1.85. The summed E-state index contributed by atoms with van der Waals surface area (Å²) in [5.74, 6) is 1.39. The molecule has 0 saturated carbocycles. The molecule has 0 fully saturated rings. The number of guanidine groups is 1. The molecule has 23 heavy (non-hydrogen) atoms. The highest BCUT2D eigenvalue weighted by molar-refractivity contribution is 14.0. The van der Waals surface area contributed by atoms with Gasteiger partial charge >= 0.3 is 0 Å². The Morgan fingerprint density at radius 2 is 1.91 bits per heavy atom. The Morgan fingerprint density at radius 1 is 1.22 bits per heavy atom. The highest BCUT2D eigenvalue weighted by Crippen LogP contribution is 2.08. The average Bonchev–Trinajstić information content (AvgIpc) is 3.06. The largest absolute Gasteiger partial charge is 0.354 e. The summed E-state index contributed by atoms with van der Waals surface area (Å²) in [5, 5.41) is 11.0. The van der Waals surface area contributed by atoms with Crippen molar-refractivity contribution in [3.8, 4) is 5.69 Å². The first-order valence-corrected chi connectivity index (χ1v) is 7.66. The van der Waals surface area contributed by atoms with Crippen molar-refractivity contribution in [3.63, 3.8) is 0 Å². The summed E-state index contributed by atoms with van der Waals surface area (Å²) >= 11 is 0. The molecule has 5 nitrogen and oxygen atoms in total. The van der Waals surface area contributed by atoms with Gasteiger partial charge in [-0.25, -0.2) is 4.68 Å². The highest BCUT2D eigenvalue weighted by atomic mass is 127. The Balaban J connectivity index is 0.00000264. The fourth-order valence-electron chi connectivity index (χ4n) is 1.95. The third-order valence-electron chi connectivity index (χ3n) is 3.75. The minimum absolute atomic E-state index is 0. The minimum atomic E-state index is 0. The van der Waals surface area contributed by atoms with Gasteiger partial charge in [-0.1, -0.05) is 26.0 Å². The van der Waals surface area contributed by atoms with E-state index in [1.54, 1.807) is 13.2 Å². The molecule has 2 aromatic rings. The number of hydrogen-bond donors (Lipinski definition) is 2. The lowest BCUT2D eigenvalue weighted by Crippen LogP contribution is -2.43. The molecule has 1 aromatic heterocycles. The number of aromatic nitrogens is 2. The normalized spacial score (nSPS) is 12.7. The van der Waals surface area contributed by atoms with Crippen molar-refractivity contribution < 1.29 is 0 Å². The van der Waals surface area contributed by atoms with Crippen LogP contribution in [0.1, 0.15) is 26.3 Å². The quantitative estimate of drug-likeness (QED) is 0.438. The van der Waals surface area contributed by atoms with Crippen molar-refractivity contribution in [1.82, 2.24) is 20.4 Å². The predicted octanol–water partition coefficient (Wildman–Crippen LogP) is 3.20. The van der Waals surface area contributed by atoms with Gasteiger partial charge in [0.1, 0.15) is 0 Å². The van der Waals surface area contributed by atoms with Crippen molar-refractivity contribution in [2.45, 2.75) is 33.4 Å². The van der Waals surface area contributed by atoms with E-state index in [0.29, 0.717) is 12.0 Å². The zero-order valence-electron chi connectivity index (χ0n) is 14.2. The highest BCUT2D eigenvalue weighted by Gasteiger charge is 2.08. The molecule has 2 rings (SSSR count). The summed E-state index contributed by atoms with van der Waals surface area (Å²) in [5.41, 5.74) is 2.26. The average molecular weight is 427 g/mol. The standard InChI is InChI=1S/C17H25N5.HI/c1-13(2)14(3)21-17(18-4)19-12-15-6-8-16(9-7-15)22-11-5-10-20-22;/h5-11,13-14H,12H2,1-4H3,(H2,18,19,21);1H. The number of aliphatic imine (C=N–C) groups is 1. The summed E-state index contributed by atoms with van der Waals surface area (Å²) in [4.78, 5) is 4.26. The van der Waals surface area contributed by atoms with Crippen LogP contribution in [0.5, 0.6) is 0 Å². The van der Waals surface area contributed by atoms with Crippen LogP contribution in [0.25, 0.3) is 5.69 Å². The Labute approximate surface area is 155 Å². The topological polar surface area (TPSA) is 54.2 Å². The van der Waals surface area contributed by atoms with Crippen LogP contribution in [0.2, 0.25) is 0 Å². The SMILES string of the molecule is CN=C(NCc1ccc(-n2cccn2)cc1)NC(C)C(C)C.I. The van der Waals surface area contributed by atoms with Gasteiger partial charge < -0.3 is 10.6 Å². The first-order chi connectivity index (χ1) is 10.6. The van der Waals surface area contributed by atoms with Crippen LogP contribution in [-0.2, 0) is 6.54 Å². The number of nitrogens with zero attached hydrogens (tertiary/aromatic N) is 3. The molecule has 1 aromatic carbocycles. The van der Waals surface area contributed by atoms with Crippen LogP contribution in [-0.4, -0.2) is 28.8 Å². The van der Waals surface area contributed by atoms with Gasteiger partial charge in [-0.3, -0.25) is 4.99 Å². The third-order valence-corrected chi connectivity index (χ3v) is 3.75. The number of hydrogen-bond acceptors (Lipinski definition) is 2. The van der Waals surface area contributed by atoms with Gasteiger partial charge in [0.2, 0.25) is 0 Å². The molecule has 0 saturated heterocycles. The zero-order valence-corrected chi connectivity index (χ0v) is 16.5. The molecule has 0 radical (unpaired) electrons. The number of rotatable bonds is 5. The van der Waals surface area contributed by atoms with Gasteiger partial charge in [-0.2, -0.15) is 5.10 Å². The summed E-state index contributed by atoms with van der Waals surface area (Å²) in [6.07, 6.45) is 3.72. The van der Waals surface area contributed by atoms with Crippen LogP contribution in [0.4, 0.5) is 0 Å². The Hall–Kier alpha value is -1.57. The van der Waals surface area contributed by atoms with Crippen molar-refractivity contribution >= 4 is 29.9 Å². The fourth-order valence-corrected chi connectivity index (χ4v) is 1.95. The predicted molar refractivity (Wildman–Crippen MR) is 107 cm³/mol. The van der Waals surface area contributed by atoms with Crippen LogP contribution in [0.3, 0.4) is 0 Å². The van der Waals surface area contributed by atoms with Crippen LogP contribution < -0.4 is 10.6 Å². The summed E-state index contributed by atoms with van der Waals surface area (Å²) in [6.45, 7) is 7.29. The van der Waals surface area contributed by atoms with Gasteiger partial charge in [-0.15, -0.1) is 24.0 Å². The maximum atomic E-state index is 4.26. The van der Waals surface area contributed by atoms with E-state index in [0.717, 1.165) is 18.2 Å². The second-order valence-electron chi connectivity index (χ2n) is 5.72. The second kappa shape index (κ2) is 9.54. The fraction of sp³-hybridized carbons (Fsp3) is 0.412. The number of nitrogens with one attached hydrogen (secondary N) is 2. The monoisotopic (exact) mass is 427 g/mol. The maximum absolute atomic E-state index is 4.26. The van der Waals surface area contributed by atoms with Crippen molar-refractivity contribution in [1.29, 1.82) is 0 Å². The molecule has 126 valence electrons. The molecule has 1 heterocycles. The summed E-state index contributed by atoms with van der Waals surface area (Å²) in [6, 6.07) is 10.6. The minimum Gasteiger partial charge on any atom is -0.354 e. The van der Waals surface area contributed by atoms with Gasteiger partial charge in [0, 0.05) is 32.0 Å². The molecule has 0 aliphatic heterocycles. The van der Waals surface area contributed by atoms with Crippen molar-refractivity contribution in [2.24, 2.45) is 10.9 Å². The van der Waals surface area contributed by atoms with Gasteiger partial charge in [0.15, 0.2) is 5.96 Å². The Kier molecular flexibility index (Phi) is 8.08. The molecule has 0 aliphatic rings. The molecule has 6 heteroatoms. The van der Waals surface area contributed by atoms with Crippen LogP contribution in [0.15, 0.2) is 47.7 Å². The summed E-state index contributed by atoms with van der Waals surface area (Å²) in [7, 11) is 1.79. The van der Waals surface area contributed by atoms with E-state index in [4.69, 9.17) is 0 Å². The molecule has 1 atom stereocenters. The molecule has 0 amide bonds. The molecule has 0 bridgehead atoms.